The minimum absolute atomic E-state index is 0.0125. The van der Waals surface area contributed by atoms with Crippen molar-refractivity contribution >= 4 is 23.5 Å². The number of nitrogens with zero attached hydrogens (tertiary/aromatic N) is 3. The highest BCUT2D eigenvalue weighted by Gasteiger charge is 2.41. The molecule has 178 valence electrons. The normalized spacial score (nSPS) is 20.7. The molecular formula is C22H22ClF4N3O3. The van der Waals surface area contributed by atoms with E-state index in [-0.39, 0.29) is 66.1 Å². The molecule has 2 unspecified atom stereocenters. The van der Waals surface area contributed by atoms with E-state index in [0.29, 0.717) is 19.3 Å². The number of benzene rings is 1. The van der Waals surface area contributed by atoms with Gasteiger partial charge >= 0.3 is 12.1 Å². The fourth-order valence-electron chi connectivity index (χ4n) is 4.72. The second-order valence-corrected chi connectivity index (χ2v) is 9.09. The first-order valence-corrected chi connectivity index (χ1v) is 11.0. The van der Waals surface area contributed by atoms with Crippen molar-refractivity contribution in [3.8, 4) is 0 Å². The molecule has 1 N–H and O–H groups in total. The number of amides is 1. The summed E-state index contributed by atoms with van der Waals surface area (Å²) in [7, 11) is 0. The summed E-state index contributed by atoms with van der Waals surface area (Å²) in [4.78, 5) is 25.5. The summed E-state index contributed by atoms with van der Waals surface area (Å²) in [5.41, 5.74) is -0.634. The Balaban J connectivity index is 1.55. The van der Waals surface area contributed by atoms with Gasteiger partial charge in [0.2, 0.25) is 5.91 Å². The minimum atomic E-state index is -4.67. The zero-order valence-electron chi connectivity index (χ0n) is 17.5. The maximum absolute atomic E-state index is 14.3. The standard InChI is InChI=1S/C22H22ClF4N3O3/c23-15-4-3-14(17(24)9-15)10-30-18-11-29(6-5-16(18)20(28-30)22(25,26)27)19(31)8-12-1-2-13(7-12)21(32)33/h3-4,9,12-13H,1-2,5-8,10-11H2,(H,32,33). The number of carbonyl (C=O) groups excluding carboxylic acids is 1. The molecule has 1 aliphatic carbocycles. The maximum atomic E-state index is 14.3. The number of carboxylic acids is 1. The number of aromatic nitrogens is 2. The number of hydrogen-bond acceptors (Lipinski definition) is 3. The van der Waals surface area contributed by atoms with E-state index < -0.39 is 29.6 Å². The van der Waals surface area contributed by atoms with Gasteiger partial charge in [-0.05, 0) is 43.7 Å². The molecule has 6 nitrogen and oxygen atoms in total. The van der Waals surface area contributed by atoms with E-state index in [1.165, 1.54) is 17.0 Å². The third-order valence-corrected chi connectivity index (χ3v) is 6.68. The second-order valence-electron chi connectivity index (χ2n) is 8.65. The lowest BCUT2D eigenvalue weighted by atomic mass is 9.99. The molecule has 0 bridgehead atoms. The smallest absolute Gasteiger partial charge is 0.435 e. The summed E-state index contributed by atoms with van der Waals surface area (Å²) >= 11 is 5.76. The minimum Gasteiger partial charge on any atom is -0.481 e. The number of aliphatic carboxylic acids is 1. The van der Waals surface area contributed by atoms with E-state index in [1.807, 2.05) is 0 Å². The molecule has 1 saturated carbocycles. The number of rotatable bonds is 5. The van der Waals surface area contributed by atoms with Crippen molar-refractivity contribution in [2.24, 2.45) is 11.8 Å². The van der Waals surface area contributed by atoms with Crippen LogP contribution in [0.3, 0.4) is 0 Å². The fraction of sp³-hybridized carbons (Fsp3) is 0.500. The van der Waals surface area contributed by atoms with Crippen LogP contribution in [0.5, 0.6) is 0 Å². The summed E-state index contributed by atoms with van der Waals surface area (Å²) in [6.45, 7) is -0.182. The fourth-order valence-corrected chi connectivity index (χ4v) is 4.88. The van der Waals surface area contributed by atoms with Gasteiger partial charge in [-0.15, -0.1) is 0 Å². The van der Waals surface area contributed by atoms with E-state index in [2.05, 4.69) is 5.10 Å². The molecule has 33 heavy (non-hydrogen) atoms. The molecule has 0 saturated heterocycles. The highest BCUT2D eigenvalue weighted by atomic mass is 35.5. The van der Waals surface area contributed by atoms with Gasteiger partial charge in [0.1, 0.15) is 5.82 Å². The highest BCUT2D eigenvalue weighted by molar-refractivity contribution is 6.30. The van der Waals surface area contributed by atoms with E-state index >= 15 is 0 Å². The number of fused-ring (bicyclic) bond motifs is 1. The van der Waals surface area contributed by atoms with Crippen LogP contribution in [0.2, 0.25) is 5.02 Å². The van der Waals surface area contributed by atoms with Crippen molar-refractivity contribution in [2.75, 3.05) is 6.54 Å². The Morgan fingerprint density at radius 1 is 1.24 bits per heavy atom. The molecule has 1 aromatic heterocycles. The van der Waals surface area contributed by atoms with Crippen LogP contribution in [-0.4, -0.2) is 38.2 Å². The van der Waals surface area contributed by atoms with Crippen LogP contribution in [0.15, 0.2) is 18.2 Å². The molecule has 1 amide bonds. The molecule has 2 aliphatic rings. The maximum Gasteiger partial charge on any atom is 0.435 e. The van der Waals surface area contributed by atoms with Crippen LogP contribution in [0, 0.1) is 17.7 Å². The van der Waals surface area contributed by atoms with Crippen molar-refractivity contribution in [3.63, 3.8) is 0 Å². The van der Waals surface area contributed by atoms with Gasteiger partial charge in [0.05, 0.1) is 24.7 Å². The Hall–Kier alpha value is -2.62. The van der Waals surface area contributed by atoms with Crippen LogP contribution >= 0.6 is 11.6 Å². The monoisotopic (exact) mass is 487 g/mol. The molecule has 1 aromatic carbocycles. The Morgan fingerprint density at radius 2 is 2.00 bits per heavy atom. The largest absolute Gasteiger partial charge is 0.481 e. The van der Waals surface area contributed by atoms with Crippen LogP contribution in [0.1, 0.15) is 48.2 Å². The van der Waals surface area contributed by atoms with Crippen LogP contribution in [0.4, 0.5) is 17.6 Å². The van der Waals surface area contributed by atoms with Crippen molar-refractivity contribution < 1.29 is 32.3 Å². The topological polar surface area (TPSA) is 75.4 Å². The summed E-state index contributed by atoms with van der Waals surface area (Å²) in [5, 5.41) is 13.1. The molecule has 4 rings (SSSR count). The zero-order chi connectivity index (χ0) is 23.9. The SMILES string of the molecule is O=C(O)C1CCC(CC(=O)N2CCc3c(C(F)(F)F)nn(Cc4ccc(Cl)cc4F)c3C2)C1. The summed E-state index contributed by atoms with van der Waals surface area (Å²) in [5.74, 6) is -2.26. The lowest BCUT2D eigenvalue weighted by Gasteiger charge is -2.29. The first-order valence-electron chi connectivity index (χ1n) is 10.6. The van der Waals surface area contributed by atoms with Gasteiger partial charge < -0.3 is 10.0 Å². The Bertz CT molecular complexity index is 1090. The first kappa shape index (κ1) is 23.5. The summed E-state index contributed by atoms with van der Waals surface area (Å²) in [6, 6.07) is 3.92. The molecule has 0 spiro atoms. The number of alkyl halides is 3. The van der Waals surface area contributed by atoms with Gasteiger partial charge in [-0.25, -0.2) is 4.39 Å². The van der Waals surface area contributed by atoms with E-state index in [9.17, 15) is 27.2 Å². The van der Waals surface area contributed by atoms with E-state index in [1.54, 1.807) is 0 Å². The third-order valence-electron chi connectivity index (χ3n) is 6.45. The molecule has 11 heteroatoms. The predicted octanol–water partition coefficient (Wildman–Crippen LogP) is 4.52. The molecule has 1 fully saturated rings. The predicted molar refractivity (Wildman–Crippen MR) is 110 cm³/mol. The number of carboxylic acid groups (broad SMARTS) is 1. The average Bonchev–Trinajstić information content (AvgIpc) is 3.34. The van der Waals surface area contributed by atoms with Gasteiger partial charge in [0, 0.05) is 29.1 Å². The Morgan fingerprint density at radius 3 is 2.64 bits per heavy atom. The van der Waals surface area contributed by atoms with Crippen molar-refractivity contribution in [1.82, 2.24) is 14.7 Å². The van der Waals surface area contributed by atoms with E-state index in [4.69, 9.17) is 16.7 Å². The lowest BCUT2D eigenvalue weighted by molar-refractivity contribution is -0.143. The number of carbonyl (C=O) groups is 2. The van der Waals surface area contributed by atoms with Gasteiger partial charge in [0.15, 0.2) is 5.69 Å². The third kappa shape index (κ3) is 5.00. The van der Waals surface area contributed by atoms with Crippen molar-refractivity contribution in [1.29, 1.82) is 0 Å². The highest BCUT2D eigenvalue weighted by Crippen LogP contribution is 2.37. The number of halogens is 5. The molecule has 2 aromatic rings. The molecule has 2 heterocycles. The lowest BCUT2D eigenvalue weighted by Crippen LogP contribution is -2.37. The van der Waals surface area contributed by atoms with Crippen LogP contribution in [0.25, 0.3) is 0 Å². The van der Waals surface area contributed by atoms with Crippen LogP contribution < -0.4 is 0 Å². The van der Waals surface area contributed by atoms with Gasteiger partial charge in [-0.3, -0.25) is 14.3 Å². The molecule has 0 radical (unpaired) electrons. The van der Waals surface area contributed by atoms with Crippen molar-refractivity contribution in [3.05, 3.63) is 51.6 Å². The van der Waals surface area contributed by atoms with Crippen LogP contribution in [-0.2, 0) is 35.3 Å². The Labute approximate surface area is 192 Å². The summed E-state index contributed by atoms with van der Waals surface area (Å²) in [6.07, 6.45) is -2.95. The second kappa shape index (κ2) is 8.96. The van der Waals surface area contributed by atoms with Crippen molar-refractivity contribution in [2.45, 2.75) is 51.4 Å². The summed E-state index contributed by atoms with van der Waals surface area (Å²) < 4.78 is 56.2. The molecular weight excluding hydrogens is 466 g/mol. The first-order chi connectivity index (χ1) is 15.5. The van der Waals surface area contributed by atoms with Gasteiger partial charge in [0.25, 0.3) is 0 Å². The van der Waals surface area contributed by atoms with Gasteiger partial charge in [-0.2, -0.15) is 18.3 Å². The molecule has 2 atom stereocenters. The number of hydrogen-bond donors (Lipinski definition) is 1. The molecule has 1 aliphatic heterocycles. The van der Waals surface area contributed by atoms with E-state index in [0.717, 1.165) is 10.7 Å². The Kier molecular flexibility index (Phi) is 6.39. The quantitative estimate of drug-likeness (QED) is 0.629. The zero-order valence-corrected chi connectivity index (χ0v) is 18.3. The average molecular weight is 488 g/mol. The van der Waals surface area contributed by atoms with Gasteiger partial charge in [-0.1, -0.05) is 17.7 Å².